The highest BCUT2D eigenvalue weighted by molar-refractivity contribution is 7.98. The third-order valence-electron chi connectivity index (χ3n) is 2.61. The molecule has 1 aromatic carbocycles. The zero-order valence-electron chi connectivity index (χ0n) is 12.2. The lowest BCUT2D eigenvalue weighted by Crippen LogP contribution is -2.43. The zero-order chi connectivity index (χ0) is 15.9. The summed E-state index contributed by atoms with van der Waals surface area (Å²) in [6.07, 6.45) is 1.85. The van der Waals surface area contributed by atoms with Gasteiger partial charge in [-0.15, -0.1) is 0 Å². The first-order valence-electron chi connectivity index (χ1n) is 6.41. The van der Waals surface area contributed by atoms with Gasteiger partial charge in [0.05, 0.1) is 11.4 Å². The van der Waals surface area contributed by atoms with Crippen LogP contribution >= 0.6 is 11.8 Å². The molecule has 0 saturated carbocycles. The van der Waals surface area contributed by atoms with E-state index in [9.17, 15) is 13.5 Å². The molecule has 1 aromatic rings. The van der Waals surface area contributed by atoms with Crippen LogP contribution in [-0.2, 0) is 10.0 Å². The van der Waals surface area contributed by atoms with E-state index in [1.807, 2.05) is 6.26 Å². The van der Waals surface area contributed by atoms with Gasteiger partial charge >= 0.3 is 0 Å². The summed E-state index contributed by atoms with van der Waals surface area (Å²) in [5.74, 6) is 0.798. The van der Waals surface area contributed by atoms with Crippen LogP contribution in [0.25, 0.3) is 0 Å². The molecular weight excluding hydrogens is 312 g/mol. The van der Waals surface area contributed by atoms with E-state index in [4.69, 9.17) is 10.5 Å². The van der Waals surface area contributed by atoms with Gasteiger partial charge in [0.15, 0.2) is 0 Å². The van der Waals surface area contributed by atoms with Gasteiger partial charge in [-0.2, -0.15) is 11.8 Å². The maximum atomic E-state index is 11.8. The van der Waals surface area contributed by atoms with Gasteiger partial charge in [-0.3, -0.25) is 0 Å². The average molecular weight is 334 g/mol. The highest BCUT2D eigenvalue weighted by Gasteiger charge is 2.22. The van der Waals surface area contributed by atoms with Crippen LogP contribution in [0.5, 0.6) is 5.75 Å². The standard InChI is InChI=1S/C13H22N2O4S2/c1-13(16,10-20-2)9-15-21(17,18)7-6-19-12-5-3-4-11(14)8-12/h3-5,8,15-16H,6-7,9-10,14H2,1-2H3. The Hall–Kier alpha value is -0.960. The molecule has 21 heavy (non-hydrogen) atoms. The quantitative estimate of drug-likeness (QED) is 0.574. The summed E-state index contributed by atoms with van der Waals surface area (Å²) >= 11 is 1.45. The molecule has 0 bridgehead atoms. The molecule has 0 aliphatic carbocycles. The predicted octanol–water partition coefficient (Wildman–Crippen LogP) is 0.681. The van der Waals surface area contributed by atoms with Gasteiger partial charge in [0.1, 0.15) is 12.4 Å². The molecule has 4 N–H and O–H groups in total. The lowest BCUT2D eigenvalue weighted by molar-refractivity contribution is 0.0908. The van der Waals surface area contributed by atoms with Gasteiger partial charge in [0.2, 0.25) is 10.0 Å². The van der Waals surface area contributed by atoms with Crippen LogP contribution < -0.4 is 15.2 Å². The molecule has 0 fully saturated rings. The molecule has 8 heteroatoms. The van der Waals surface area contributed by atoms with Crippen molar-refractivity contribution >= 4 is 27.5 Å². The van der Waals surface area contributed by atoms with Gasteiger partial charge in [-0.25, -0.2) is 13.1 Å². The highest BCUT2D eigenvalue weighted by atomic mass is 32.2. The van der Waals surface area contributed by atoms with Crippen molar-refractivity contribution in [3.63, 3.8) is 0 Å². The Morgan fingerprint density at radius 3 is 2.81 bits per heavy atom. The second-order valence-electron chi connectivity index (χ2n) is 4.99. The number of rotatable bonds is 9. The van der Waals surface area contributed by atoms with E-state index < -0.39 is 15.6 Å². The first-order valence-corrected chi connectivity index (χ1v) is 9.46. The average Bonchev–Trinajstić information content (AvgIpc) is 2.37. The van der Waals surface area contributed by atoms with Crippen LogP contribution in [0.2, 0.25) is 0 Å². The van der Waals surface area contributed by atoms with Gasteiger partial charge < -0.3 is 15.6 Å². The number of nitrogens with two attached hydrogens (primary N) is 1. The Morgan fingerprint density at radius 1 is 1.48 bits per heavy atom. The van der Waals surface area contributed by atoms with Crippen LogP contribution in [0.15, 0.2) is 24.3 Å². The minimum Gasteiger partial charge on any atom is -0.492 e. The first kappa shape index (κ1) is 18.1. The number of nitrogen functional groups attached to an aromatic ring is 1. The van der Waals surface area contributed by atoms with Crippen LogP contribution in [0.3, 0.4) is 0 Å². The van der Waals surface area contributed by atoms with Crippen molar-refractivity contribution in [1.82, 2.24) is 4.72 Å². The van der Waals surface area contributed by atoms with Crippen LogP contribution in [0.4, 0.5) is 5.69 Å². The van der Waals surface area contributed by atoms with Crippen molar-refractivity contribution in [2.75, 3.05) is 36.6 Å². The topological polar surface area (TPSA) is 102 Å². The molecule has 6 nitrogen and oxygen atoms in total. The largest absolute Gasteiger partial charge is 0.492 e. The minimum absolute atomic E-state index is 0.0173. The monoisotopic (exact) mass is 334 g/mol. The number of hydrogen-bond donors (Lipinski definition) is 3. The van der Waals surface area contributed by atoms with Gasteiger partial charge in [-0.1, -0.05) is 6.07 Å². The Bertz CT molecular complexity index is 547. The van der Waals surface area contributed by atoms with Crippen molar-refractivity contribution in [2.45, 2.75) is 12.5 Å². The predicted molar refractivity (Wildman–Crippen MR) is 87.1 cm³/mol. The number of anilines is 1. The van der Waals surface area contributed by atoms with E-state index in [1.165, 1.54) is 11.8 Å². The molecule has 1 rings (SSSR count). The van der Waals surface area contributed by atoms with E-state index in [1.54, 1.807) is 31.2 Å². The van der Waals surface area contributed by atoms with Crippen LogP contribution in [-0.4, -0.2) is 50.0 Å². The molecule has 0 radical (unpaired) electrons. The fraction of sp³-hybridized carbons (Fsp3) is 0.538. The summed E-state index contributed by atoms with van der Waals surface area (Å²) in [7, 11) is -3.49. The minimum atomic E-state index is -3.49. The normalized spacial score (nSPS) is 14.6. The summed E-state index contributed by atoms with van der Waals surface area (Å²) in [6.45, 7) is 1.59. The Kier molecular flexibility index (Phi) is 6.79. The number of ether oxygens (including phenoxy) is 1. The summed E-state index contributed by atoms with van der Waals surface area (Å²) in [4.78, 5) is 0. The van der Waals surface area contributed by atoms with E-state index >= 15 is 0 Å². The smallest absolute Gasteiger partial charge is 0.215 e. The lowest BCUT2D eigenvalue weighted by atomic mass is 10.1. The fourth-order valence-electron chi connectivity index (χ4n) is 1.57. The second kappa shape index (κ2) is 7.88. The molecule has 1 atom stereocenters. The first-order chi connectivity index (χ1) is 9.74. The van der Waals surface area contributed by atoms with E-state index in [2.05, 4.69) is 4.72 Å². The maximum Gasteiger partial charge on any atom is 0.215 e. The van der Waals surface area contributed by atoms with Gasteiger partial charge in [0.25, 0.3) is 0 Å². The Morgan fingerprint density at radius 2 is 2.19 bits per heavy atom. The number of aliphatic hydroxyl groups is 1. The van der Waals surface area contributed by atoms with E-state index in [0.717, 1.165) is 0 Å². The molecular formula is C13H22N2O4S2. The van der Waals surface area contributed by atoms with Gasteiger partial charge in [0, 0.05) is 24.1 Å². The Balaban J connectivity index is 2.39. The molecule has 120 valence electrons. The molecule has 0 aromatic heterocycles. The summed E-state index contributed by atoms with van der Waals surface area (Å²) in [6, 6.07) is 6.79. The van der Waals surface area contributed by atoms with Crippen molar-refractivity contribution in [3.8, 4) is 5.75 Å². The van der Waals surface area contributed by atoms with Crippen LogP contribution in [0, 0.1) is 0 Å². The molecule has 1 unspecified atom stereocenters. The third kappa shape index (κ3) is 7.56. The molecule has 0 amide bonds. The fourth-order valence-corrected chi connectivity index (χ4v) is 3.28. The van der Waals surface area contributed by atoms with Crippen molar-refractivity contribution in [1.29, 1.82) is 0 Å². The molecule has 0 saturated heterocycles. The molecule has 0 aliphatic heterocycles. The number of hydrogen-bond acceptors (Lipinski definition) is 6. The Labute approximate surface area is 130 Å². The number of sulfonamides is 1. The highest BCUT2D eigenvalue weighted by Crippen LogP contribution is 2.14. The lowest BCUT2D eigenvalue weighted by Gasteiger charge is -2.22. The van der Waals surface area contributed by atoms with Crippen LogP contribution in [0.1, 0.15) is 6.92 Å². The summed E-state index contributed by atoms with van der Waals surface area (Å²) < 4.78 is 31.3. The summed E-state index contributed by atoms with van der Waals surface area (Å²) in [5, 5.41) is 9.92. The molecule has 0 spiro atoms. The molecule has 0 heterocycles. The van der Waals surface area contributed by atoms with E-state index in [-0.39, 0.29) is 18.9 Å². The number of thioether (sulfide) groups is 1. The summed E-state index contributed by atoms with van der Waals surface area (Å²) in [5.41, 5.74) is 5.09. The van der Waals surface area contributed by atoms with Crippen molar-refractivity contribution < 1.29 is 18.3 Å². The number of benzene rings is 1. The maximum absolute atomic E-state index is 11.8. The third-order valence-corrected chi connectivity index (χ3v) is 4.81. The van der Waals surface area contributed by atoms with Crippen molar-refractivity contribution in [3.05, 3.63) is 24.3 Å². The number of nitrogens with one attached hydrogen (secondary N) is 1. The van der Waals surface area contributed by atoms with E-state index in [0.29, 0.717) is 17.2 Å². The molecule has 0 aliphatic rings. The SMILES string of the molecule is CSCC(C)(O)CNS(=O)(=O)CCOc1cccc(N)c1. The van der Waals surface area contributed by atoms with Gasteiger partial charge in [-0.05, 0) is 25.3 Å². The second-order valence-corrected chi connectivity index (χ2v) is 7.78. The van der Waals surface area contributed by atoms with Crippen molar-refractivity contribution in [2.24, 2.45) is 0 Å². The zero-order valence-corrected chi connectivity index (χ0v) is 13.8.